The molecule has 2 heterocycles. The molecule has 1 saturated heterocycles. The van der Waals surface area contributed by atoms with Crippen molar-refractivity contribution in [2.75, 3.05) is 19.6 Å². The fourth-order valence-electron chi connectivity index (χ4n) is 2.08. The summed E-state index contributed by atoms with van der Waals surface area (Å²) in [5, 5.41) is 12.0. The van der Waals surface area contributed by atoms with Crippen LogP contribution in [0, 0.1) is 0 Å². The number of aromatic hydroxyl groups is 1. The number of rotatable bonds is 3. The standard InChI is InChI=1S/C13H17N3O3/c17-11-8-14-5-4-10(11)13(19)15-9-12(18)16-6-2-1-3-7-16/h4-5,8,17H,1-3,6-7,9H2,(H,15,19). The molecular weight excluding hydrogens is 246 g/mol. The molecule has 0 bridgehead atoms. The minimum Gasteiger partial charge on any atom is -0.505 e. The molecule has 2 rings (SSSR count). The van der Waals surface area contributed by atoms with Gasteiger partial charge in [-0.15, -0.1) is 0 Å². The molecule has 1 aromatic heterocycles. The van der Waals surface area contributed by atoms with Gasteiger partial charge in [-0.25, -0.2) is 0 Å². The highest BCUT2D eigenvalue weighted by Crippen LogP contribution is 2.13. The molecule has 0 aliphatic carbocycles. The second kappa shape index (κ2) is 6.17. The molecule has 0 saturated carbocycles. The number of piperidine rings is 1. The quantitative estimate of drug-likeness (QED) is 0.833. The summed E-state index contributed by atoms with van der Waals surface area (Å²) in [6, 6.07) is 1.41. The SMILES string of the molecule is O=C(NCC(=O)N1CCCCC1)c1ccncc1O. The van der Waals surface area contributed by atoms with E-state index in [2.05, 4.69) is 10.3 Å². The van der Waals surface area contributed by atoms with Crippen LogP contribution in [-0.4, -0.2) is 46.4 Å². The second-order valence-electron chi connectivity index (χ2n) is 4.52. The number of amides is 2. The van der Waals surface area contributed by atoms with Crippen molar-refractivity contribution >= 4 is 11.8 Å². The average Bonchev–Trinajstić information content (AvgIpc) is 2.46. The largest absolute Gasteiger partial charge is 0.505 e. The van der Waals surface area contributed by atoms with Gasteiger partial charge in [0.1, 0.15) is 5.75 Å². The van der Waals surface area contributed by atoms with Crippen LogP contribution in [0.1, 0.15) is 29.6 Å². The van der Waals surface area contributed by atoms with E-state index >= 15 is 0 Å². The Hall–Kier alpha value is -2.11. The van der Waals surface area contributed by atoms with Crippen LogP contribution >= 0.6 is 0 Å². The summed E-state index contributed by atoms with van der Waals surface area (Å²) in [5.41, 5.74) is 0.126. The van der Waals surface area contributed by atoms with E-state index in [-0.39, 0.29) is 23.8 Å². The van der Waals surface area contributed by atoms with Crippen LogP contribution in [0.5, 0.6) is 5.75 Å². The first-order chi connectivity index (χ1) is 9.18. The lowest BCUT2D eigenvalue weighted by Crippen LogP contribution is -2.42. The monoisotopic (exact) mass is 263 g/mol. The van der Waals surface area contributed by atoms with Gasteiger partial charge in [-0.2, -0.15) is 0 Å². The molecule has 19 heavy (non-hydrogen) atoms. The number of hydrogen-bond acceptors (Lipinski definition) is 4. The molecule has 1 aliphatic rings. The van der Waals surface area contributed by atoms with Crippen LogP contribution in [0.2, 0.25) is 0 Å². The maximum atomic E-state index is 11.9. The Balaban J connectivity index is 1.86. The second-order valence-corrected chi connectivity index (χ2v) is 4.52. The van der Waals surface area contributed by atoms with Gasteiger partial charge < -0.3 is 15.3 Å². The van der Waals surface area contributed by atoms with Gasteiger partial charge in [0, 0.05) is 19.3 Å². The lowest BCUT2D eigenvalue weighted by Gasteiger charge is -2.26. The highest BCUT2D eigenvalue weighted by atomic mass is 16.3. The number of nitrogens with zero attached hydrogens (tertiary/aromatic N) is 2. The van der Waals surface area contributed by atoms with E-state index in [0.29, 0.717) is 0 Å². The van der Waals surface area contributed by atoms with E-state index in [0.717, 1.165) is 32.4 Å². The van der Waals surface area contributed by atoms with Crippen molar-refractivity contribution in [3.63, 3.8) is 0 Å². The molecule has 1 aromatic rings. The lowest BCUT2D eigenvalue weighted by atomic mass is 10.1. The van der Waals surface area contributed by atoms with Gasteiger partial charge in [0.2, 0.25) is 5.91 Å². The molecular formula is C13H17N3O3. The van der Waals surface area contributed by atoms with Crippen molar-refractivity contribution in [3.05, 3.63) is 24.0 Å². The third-order valence-electron chi connectivity index (χ3n) is 3.15. The Morgan fingerprint density at radius 3 is 2.74 bits per heavy atom. The van der Waals surface area contributed by atoms with Crippen LogP contribution in [0.15, 0.2) is 18.5 Å². The van der Waals surface area contributed by atoms with Gasteiger partial charge in [-0.3, -0.25) is 14.6 Å². The number of likely N-dealkylation sites (tertiary alicyclic amines) is 1. The fraction of sp³-hybridized carbons (Fsp3) is 0.462. The van der Waals surface area contributed by atoms with Crippen molar-refractivity contribution in [2.45, 2.75) is 19.3 Å². The molecule has 6 heteroatoms. The van der Waals surface area contributed by atoms with Crippen molar-refractivity contribution in [3.8, 4) is 5.75 Å². The maximum Gasteiger partial charge on any atom is 0.255 e. The van der Waals surface area contributed by atoms with E-state index in [1.807, 2.05) is 0 Å². The van der Waals surface area contributed by atoms with Gasteiger partial charge in [0.25, 0.3) is 5.91 Å². The summed E-state index contributed by atoms with van der Waals surface area (Å²) in [6.07, 6.45) is 5.80. The minimum atomic E-state index is -0.467. The Bertz CT molecular complexity index is 470. The third-order valence-corrected chi connectivity index (χ3v) is 3.15. The minimum absolute atomic E-state index is 0.0411. The summed E-state index contributed by atoms with van der Waals surface area (Å²) < 4.78 is 0. The smallest absolute Gasteiger partial charge is 0.255 e. The van der Waals surface area contributed by atoms with E-state index < -0.39 is 5.91 Å². The molecule has 0 aromatic carbocycles. The predicted octanol–water partition coefficient (Wildman–Crippen LogP) is 0.529. The Labute approximate surface area is 111 Å². The first-order valence-corrected chi connectivity index (χ1v) is 6.37. The molecule has 0 atom stereocenters. The summed E-state index contributed by atoms with van der Waals surface area (Å²) in [5.74, 6) is -0.739. The molecule has 1 aliphatic heterocycles. The number of carbonyl (C=O) groups excluding carboxylic acids is 2. The molecule has 2 N–H and O–H groups in total. The molecule has 6 nitrogen and oxygen atoms in total. The molecule has 2 amide bonds. The highest BCUT2D eigenvalue weighted by molar-refractivity contribution is 5.98. The predicted molar refractivity (Wildman–Crippen MR) is 68.7 cm³/mol. The van der Waals surface area contributed by atoms with Crippen LogP contribution in [0.4, 0.5) is 0 Å². The zero-order valence-electron chi connectivity index (χ0n) is 10.6. The Kier molecular flexibility index (Phi) is 4.33. The number of pyridine rings is 1. The van der Waals surface area contributed by atoms with Crippen LogP contribution in [0.25, 0.3) is 0 Å². The first kappa shape index (κ1) is 13.3. The Morgan fingerprint density at radius 1 is 1.32 bits per heavy atom. The summed E-state index contributed by atoms with van der Waals surface area (Å²) in [4.78, 5) is 29.1. The number of carbonyl (C=O) groups is 2. The van der Waals surface area contributed by atoms with Crippen LogP contribution in [0.3, 0.4) is 0 Å². The van der Waals surface area contributed by atoms with E-state index in [1.54, 1.807) is 4.90 Å². The maximum absolute atomic E-state index is 11.9. The van der Waals surface area contributed by atoms with Crippen molar-refractivity contribution in [2.24, 2.45) is 0 Å². The van der Waals surface area contributed by atoms with Crippen molar-refractivity contribution in [1.29, 1.82) is 0 Å². The highest BCUT2D eigenvalue weighted by Gasteiger charge is 2.18. The van der Waals surface area contributed by atoms with Gasteiger partial charge in [0.05, 0.1) is 18.3 Å². The van der Waals surface area contributed by atoms with Gasteiger partial charge in [-0.1, -0.05) is 0 Å². The number of nitrogens with one attached hydrogen (secondary N) is 1. The summed E-state index contributed by atoms with van der Waals surface area (Å²) in [7, 11) is 0. The Morgan fingerprint density at radius 2 is 2.05 bits per heavy atom. The molecule has 0 unspecified atom stereocenters. The van der Waals surface area contributed by atoms with E-state index in [1.165, 1.54) is 18.5 Å². The topological polar surface area (TPSA) is 82.5 Å². The summed E-state index contributed by atoms with van der Waals surface area (Å²) in [6.45, 7) is 1.48. The lowest BCUT2D eigenvalue weighted by molar-refractivity contribution is -0.130. The van der Waals surface area contributed by atoms with Crippen LogP contribution < -0.4 is 5.32 Å². The molecule has 102 valence electrons. The zero-order chi connectivity index (χ0) is 13.7. The van der Waals surface area contributed by atoms with Crippen LogP contribution in [-0.2, 0) is 4.79 Å². The number of aromatic nitrogens is 1. The van der Waals surface area contributed by atoms with E-state index in [4.69, 9.17) is 0 Å². The summed E-state index contributed by atoms with van der Waals surface area (Å²) >= 11 is 0. The first-order valence-electron chi connectivity index (χ1n) is 6.37. The normalized spacial score (nSPS) is 15.1. The zero-order valence-corrected chi connectivity index (χ0v) is 10.6. The number of hydrogen-bond donors (Lipinski definition) is 2. The van der Waals surface area contributed by atoms with Crippen molar-refractivity contribution in [1.82, 2.24) is 15.2 Å². The van der Waals surface area contributed by atoms with Gasteiger partial charge >= 0.3 is 0 Å². The third kappa shape index (κ3) is 3.43. The fourth-order valence-corrected chi connectivity index (χ4v) is 2.08. The van der Waals surface area contributed by atoms with E-state index in [9.17, 15) is 14.7 Å². The molecule has 0 spiro atoms. The average molecular weight is 263 g/mol. The molecule has 0 radical (unpaired) electrons. The van der Waals surface area contributed by atoms with Crippen molar-refractivity contribution < 1.29 is 14.7 Å². The molecule has 1 fully saturated rings. The van der Waals surface area contributed by atoms with Gasteiger partial charge in [0.15, 0.2) is 0 Å². The van der Waals surface area contributed by atoms with Gasteiger partial charge in [-0.05, 0) is 25.3 Å².